The van der Waals surface area contributed by atoms with Crippen LogP contribution in [-0.4, -0.2) is 29.8 Å². The van der Waals surface area contributed by atoms with Crippen LogP contribution in [0.1, 0.15) is 21.7 Å². The van der Waals surface area contributed by atoms with Gasteiger partial charge >= 0.3 is 0 Å². The third-order valence-corrected chi connectivity index (χ3v) is 4.68. The molecule has 5 heteroatoms. The number of rotatable bonds is 5. The smallest absolute Gasteiger partial charge is 0.261 e. The van der Waals surface area contributed by atoms with Crippen molar-refractivity contribution in [3.05, 3.63) is 58.3 Å². The van der Waals surface area contributed by atoms with Crippen LogP contribution in [0.5, 0.6) is 0 Å². The molecule has 114 valence electrons. The van der Waals surface area contributed by atoms with E-state index in [1.165, 1.54) is 11.3 Å². The van der Waals surface area contributed by atoms with Crippen molar-refractivity contribution in [2.75, 3.05) is 13.1 Å². The Kier molecular flexibility index (Phi) is 4.53. The summed E-state index contributed by atoms with van der Waals surface area (Å²) in [7, 11) is 0. The predicted octanol–water partition coefficient (Wildman–Crippen LogP) is 2.53. The van der Waals surface area contributed by atoms with E-state index in [2.05, 4.69) is 5.32 Å². The van der Waals surface area contributed by atoms with Crippen LogP contribution in [0.2, 0.25) is 0 Å². The fourth-order valence-electron chi connectivity index (χ4n) is 2.68. The molecule has 2 amide bonds. The van der Waals surface area contributed by atoms with Gasteiger partial charge in [-0.15, -0.1) is 11.3 Å². The summed E-state index contributed by atoms with van der Waals surface area (Å²) in [5.74, 6) is 0.309. The standard InChI is InChI=1S/C17H18N2O2S/c20-16-9-14(10-18-17(21)15-7-4-8-22-15)12-19(16)11-13-5-2-1-3-6-13/h1-8,14H,9-12H2,(H,18,21). The summed E-state index contributed by atoms with van der Waals surface area (Å²) in [6.45, 7) is 1.90. The molecule has 0 bridgehead atoms. The minimum Gasteiger partial charge on any atom is -0.351 e. The van der Waals surface area contributed by atoms with Crippen molar-refractivity contribution in [3.63, 3.8) is 0 Å². The molecular weight excluding hydrogens is 296 g/mol. The zero-order valence-electron chi connectivity index (χ0n) is 12.2. The molecular formula is C17H18N2O2S. The topological polar surface area (TPSA) is 49.4 Å². The molecule has 1 aliphatic rings. The van der Waals surface area contributed by atoms with Gasteiger partial charge < -0.3 is 10.2 Å². The van der Waals surface area contributed by atoms with Crippen LogP contribution >= 0.6 is 11.3 Å². The molecule has 0 spiro atoms. The van der Waals surface area contributed by atoms with Gasteiger partial charge in [-0.1, -0.05) is 36.4 Å². The summed E-state index contributed by atoms with van der Waals surface area (Å²) < 4.78 is 0. The van der Waals surface area contributed by atoms with Gasteiger partial charge in [0, 0.05) is 32.0 Å². The first-order chi connectivity index (χ1) is 10.7. The molecule has 0 aliphatic carbocycles. The lowest BCUT2D eigenvalue weighted by Gasteiger charge is -2.17. The number of benzene rings is 1. The predicted molar refractivity (Wildman–Crippen MR) is 86.6 cm³/mol. The molecule has 0 saturated carbocycles. The molecule has 2 aromatic rings. The van der Waals surface area contributed by atoms with Gasteiger partial charge in [0.1, 0.15) is 0 Å². The van der Waals surface area contributed by atoms with Crippen LogP contribution in [0.3, 0.4) is 0 Å². The Morgan fingerprint density at radius 2 is 2.05 bits per heavy atom. The normalized spacial score (nSPS) is 17.7. The van der Waals surface area contributed by atoms with Crippen LogP contribution < -0.4 is 5.32 Å². The zero-order chi connectivity index (χ0) is 15.4. The van der Waals surface area contributed by atoms with Crippen LogP contribution in [-0.2, 0) is 11.3 Å². The quantitative estimate of drug-likeness (QED) is 0.922. The molecule has 0 radical (unpaired) electrons. The summed E-state index contributed by atoms with van der Waals surface area (Å²) in [4.78, 5) is 26.6. The Bertz CT molecular complexity index is 640. The van der Waals surface area contributed by atoms with Gasteiger partial charge in [-0.05, 0) is 17.0 Å². The average Bonchev–Trinajstić information content (AvgIpc) is 3.17. The molecule has 4 nitrogen and oxygen atoms in total. The fourth-order valence-corrected chi connectivity index (χ4v) is 3.32. The number of hydrogen-bond acceptors (Lipinski definition) is 3. The number of likely N-dealkylation sites (tertiary alicyclic amines) is 1. The van der Waals surface area contributed by atoms with E-state index < -0.39 is 0 Å². The zero-order valence-corrected chi connectivity index (χ0v) is 13.0. The molecule has 1 aliphatic heterocycles. The first-order valence-electron chi connectivity index (χ1n) is 7.36. The van der Waals surface area contributed by atoms with E-state index in [4.69, 9.17) is 0 Å². The van der Waals surface area contributed by atoms with Crippen molar-refractivity contribution in [1.29, 1.82) is 0 Å². The Balaban J connectivity index is 1.50. The van der Waals surface area contributed by atoms with Gasteiger partial charge in [-0.25, -0.2) is 0 Å². The fraction of sp³-hybridized carbons (Fsp3) is 0.294. The maximum atomic E-state index is 12.1. The highest BCUT2D eigenvalue weighted by Crippen LogP contribution is 2.20. The highest BCUT2D eigenvalue weighted by molar-refractivity contribution is 7.12. The van der Waals surface area contributed by atoms with Crippen molar-refractivity contribution < 1.29 is 9.59 Å². The molecule has 1 N–H and O–H groups in total. The second kappa shape index (κ2) is 6.75. The number of nitrogens with zero attached hydrogens (tertiary/aromatic N) is 1. The maximum absolute atomic E-state index is 12.1. The summed E-state index contributed by atoms with van der Waals surface area (Å²) in [6.07, 6.45) is 0.511. The van der Waals surface area contributed by atoms with E-state index >= 15 is 0 Å². The number of carbonyl (C=O) groups excluding carboxylic acids is 2. The number of hydrogen-bond donors (Lipinski definition) is 1. The minimum absolute atomic E-state index is 0.0519. The summed E-state index contributed by atoms with van der Waals surface area (Å²) in [5.41, 5.74) is 1.14. The van der Waals surface area contributed by atoms with Crippen molar-refractivity contribution in [3.8, 4) is 0 Å². The Labute approximate surface area is 133 Å². The molecule has 1 atom stereocenters. The van der Waals surface area contributed by atoms with E-state index in [1.54, 1.807) is 0 Å². The highest BCUT2D eigenvalue weighted by atomic mass is 32.1. The molecule has 3 rings (SSSR count). The van der Waals surface area contributed by atoms with E-state index in [1.807, 2.05) is 52.7 Å². The van der Waals surface area contributed by atoms with Gasteiger partial charge in [0.2, 0.25) is 5.91 Å². The molecule has 1 fully saturated rings. The van der Waals surface area contributed by atoms with Gasteiger partial charge in [-0.2, -0.15) is 0 Å². The highest BCUT2D eigenvalue weighted by Gasteiger charge is 2.29. The SMILES string of the molecule is O=C(NCC1CC(=O)N(Cc2ccccc2)C1)c1cccs1. The van der Waals surface area contributed by atoms with Gasteiger partial charge in [0.15, 0.2) is 0 Å². The molecule has 1 unspecified atom stereocenters. The Morgan fingerprint density at radius 1 is 1.23 bits per heavy atom. The second-order valence-corrected chi connectivity index (χ2v) is 6.47. The first kappa shape index (κ1) is 14.8. The monoisotopic (exact) mass is 314 g/mol. The van der Waals surface area contributed by atoms with Crippen LogP contribution in [0, 0.1) is 5.92 Å². The largest absolute Gasteiger partial charge is 0.351 e. The third kappa shape index (κ3) is 3.54. The average molecular weight is 314 g/mol. The van der Waals surface area contributed by atoms with Gasteiger partial charge in [0.25, 0.3) is 5.91 Å². The number of thiophene rings is 1. The number of amides is 2. The van der Waals surface area contributed by atoms with Crippen molar-refractivity contribution in [1.82, 2.24) is 10.2 Å². The van der Waals surface area contributed by atoms with E-state index in [-0.39, 0.29) is 17.7 Å². The Morgan fingerprint density at radius 3 is 2.77 bits per heavy atom. The third-order valence-electron chi connectivity index (χ3n) is 3.81. The molecule has 1 aromatic heterocycles. The van der Waals surface area contributed by atoms with Gasteiger partial charge in [-0.3, -0.25) is 9.59 Å². The van der Waals surface area contributed by atoms with Crippen LogP contribution in [0.4, 0.5) is 0 Å². The van der Waals surface area contributed by atoms with Crippen LogP contribution in [0.15, 0.2) is 47.8 Å². The number of carbonyl (C=O) groups is 2. The first-order valence-corrected chi connectivity index (χ1v) is 8.24. The van der Waals surface area contributed by atoms with Gasteiger partial charge in [0.05, 0.1) is 4.88 Å². The second-order valence-electron chi connectivity index (χ2n) is 5.52. The lowest BCUT2D eigenvalue weighted by Crippen LogP contribution is -2.30. The van der Waals surface area contributed by atoms with E-state index in [0.717, 1.165) is 5.56 Å². The lowest BCUT2D eigenvalue weighted by molar-refractivity contribution is -0.128. The molecule has 2 heterocycles. The van der Waals surface area contributed by atoms with Crippen molar-refractivity contribution >= 4 is 23.2 Å². The minimum atomic E-state index is -0.0519. The number of nitrogens with one attached hydrogen (secondary N) is 1. The summed E-state index contributed by atoms with van der Waals surface area (Å²) in [5, 5.41) is 4.81. The summed E-state index contributed by atoms with van der Waals surface area (Å²) in [6, 6.07) is 13.7. The molecule has 1 aromatic carbocycles. The maximum Gasteiger partial charge on any atom is 0.261 e. The van der Waals surface area contributed by atoms with Crippen molar-refractivity contribution in [2.45, 2.75) is 13.0 Å². The lowest BCUT2D eigenvalue weighted by atomic mass is 10.1. The van der Waals surface area contributed by atoms with E-state index in [0.29, 0.717) is 30.9 Å². The van der Waals surface area contributed by atoms with Crippen molar-refractivity contribution in [2.24, 2.45) is 5.92 Å². The molecule has 1 saturated heterocycles. The molecule has 22 heavy (non-hydrogen) atoms. The summed E-state index contributed by atoms with van der Waals surface area (Å²) >= 11 is 1.43. The van der Waals surface area contributed by atoms with Crippen LogP contribution in [0.25, 0.3) is 0 Å². The Hall–Kier alpha value is -2.14. The van der Waals surface area contributed by atoms with E-state index in [9.17, 15) is 9.59 Å².